The average molecular weight is 253 g/mol. The molecule has 0 bridgehead atoms. The summed E-state index contributed by atoms with van der Waals surface area (Å²) in [7, 11) is 0. The summed E-state index contributed by atoms with van der Waals surface area (Å²) < 4.78 is 0.824. The highest BCUT2D eigenvalue weighted by Gasteiger charge is 1.91. The molecule has 0 aliphatic carbocycles. The van der Waals surface area contributed by atoms with Gasteiger partial charge < -0.3 is 0 Å². The smallest absolute Gasteiger partial charge is 0.208 e. The highest BCUT2D eigenvalue weighted by molar-refractivity contribution is 14.1. The Morgan fingerprint density at radius 2 is 2.33 bits per heavy atom. The van der Waals surface area contributed by atoms with Crippen molar-refractivity contribution in [1.29, 1.82) is 0 Å². The van der Waals surface area contributed by atoms with Crippen molar-refractivity contribution in [2.24, 2.45) is 0 Å². The third-order valence-electron chi connectivity index (χ3n) is 0.695. The molecule has 9 heavy (non-hydrogen) atoms. The lowest BCUT2D eigenvalue weighted by Crippen LogP contribution is -1.90. The van der Waals surface area contributed by atoms with Crippen molar-refractivity contribution >= 4 is 34.4 Å². The zero-order chi connectivity index (χ0) is 6.69. The van der Waals surface area contributed by atoms with E-state index in [1.54, 1.807) is 6.20 Å². The van der Waals surface area contributed by atoms with E-state index in [1.807, 2.05) is 6.26 Å². The van der Waals surface area contributed by atoms with Crippen molar-refractivity contribution in [3.8, 4) is 0 Å². The Labute approximate surface area is 70.8 Å². The fourth-order valence-corrected chi connectivity index (χ4v) is 0.872. The summed E-state index contributed by atoms with van der Waals surface area (Å²) >= 11 is 3.56. The molecule has 0 aromatic carbocycles. The predicted octanol–water partition coefficient (Wildman–Crippen LogP) is 1.20. The average Bonchev–Trinajstić information content (AvgIpc) is 1.90. The number of hydrogen-bond acceptors (Lipinski definition) is 4. The molecular weight excluding hydrogens is 249 g/mol. The molecule has 0 unspecified atom stereocenters. The number of aromatic nitrogens is 3. The summed E-state index contributed by atoms with van der Waals surface area (Å²) in [5, 5.41) is 8.31. The number of thioether (sulfide) groups is 1. The standard InChI is InChI=1S/C4H4IN3S/c1-9-4-6-2-3(5)7-8-4/h2H,1H3. The van der Waals surface area contributed by atoms with E-state index < -0.39 is 0 Å². The monoisotopic (exact) mass is 253 g/mol. The van der Waals surface area contributed by atoms with Crippen LogP contribution in [0.15, 0.2) is 11.4 Å². The van der Waals surface area contributed by atoms with Crippen LogP contribution >= 0.6 is 34.4 Å². The van der Waals surface area contributed by atoms with E-state index in [4.69, 9.17) is 0 Å². The van der Waals surface area contributed by atoms with Crippen molar-refractivity contribution in [2.75, 3.05) is 6.26 Å². The van der Waals surface area contributed by atoms with E-state index in [2.05, 4.69) is 37.8 Å². The van der Waals surface area contributed by atoms with Crippen LogP contribution in [0.5, 0.6) is 0 Å². The van der Waals surface area contributed by atoms with Gasteiger partial charge in [0.25, 0.3) is 0 Å². The summed E-state index contributed by atoms with van der Waals surface area (Å²) in [4.78, 5) is 3.98. The van der Waals surface area contributed by atoms with Gasteiger partial charge in [-0.15, -0.1) is 10.2 Å². The Bertz CT molecular complexity index is 188. The van der Waals surface area contributed by atoms with Crippen LogP contribution < -0.4 is 0 Å². The Morgan fingerprint density at radius 1 is 1.56 bits per heavy atom. The molecule has 0 spiro atoms. The van der Waals surface area contributed by atoms with Crippen LogP contribution in [0.2, 0.25) is 0 Å². The van der Waals surface area contributed by atoms with Crippen LogP contribution in [-0.2, 0) is 0 Å². The van der Waals surface area contributed by atoms with Crippen molar-refractivity contribution < 1.29 is 0 Å². The molecule has 1 aromatic heterocycles. The molecular formula is C4H4IN3S. The van der Waals surface area contributed by atoms with Crippen LogP contribution in [0.3, 0.4) is 0 Å². The summed E-state index contributed by atoms with van der Waals surface area (Å²) in [6.07, 6.45) is 3.61. The number of rotatable bonds is 1. The molecule has 0 fully saturated rings. The van der Waals surface area contributed by atoms with Gasteiger partial charge in [-0.1, -0.05) is 11.8 Å². The van der Waals surface area contributed by atoms with Gasteiger partial charge in [-0.3, -0.25) is 0 Å². The van der Waals surface area contributed by atoms with Crippen molar-refractivity contribution in [2.45, 2.75) is 5.16 Å². The van der Waals surface area contributed by atoms with Crippen LogP contribution in [-0.4, -0.2) is 21.4 Å². The topological polar surface area (TPSA) is 38.7 Å². The molecule has 0 amide bonds. The molecule has 0 N–H and O–H groups in total. The van der Waals surface area contributed by atoms with Gasteiger partial charge in [-0.25, -0.2) is 4.98 Å². The quantitative estimate of drug-likeness (QED) is 0.556. The second-order valence-corrected chi connectivity index (χ2v) is 3.15. The summed E-state index contributed by atoms with van der Waals surface area (Å²) in [6, 6.07) is 0. The SMILES string of the molecule is CSc1ncc(I)nn1. The largest absolute Gasteiger partial charge is 0.227 e. The van der Waals surface area contributed by atoms with E-state index >= 15 is 0 Å². The van der Waals surface area contributed by atoms with Gasteiger partial charge in [-0.05, 0) is 28.8 Å². The molecule has 0 saturated carbocycles. The molecule has 0 saturated heterocycles. The normalized spacial score (nSPS) is 9.56. The van der Waals surface area contributed by atoms with Crippen molar-refractivity contribution in [3.05, 3.63) is 9.90 Å². The maximum Gasteiger partial charge on any atom is 0.208 e. The minimum absolute atomic E-state index is 0.718. The van der Waals surface area contributed by atoms with Gasteiger partial charge in [0.1, 0.15) is 3.70 Å². The van der Waals surface area contributed by atoms with E-state index in [-0.39, 0.29) is 0 Å². The Hall–Kier alpha value is 0.0900. The maximum atomic E-state index is 3.98. The van der Waals surface area contributed by atoms with Gasteiger partial charge in [0.15, 0.2) is 0 Å². The summed E-state index contributed by atoms with van der Waals surface area (Å²) in [5.74, 6) is 0. The molecule has 0 atom stereocenters. The molecule has 1 aromatic rings. The van der Waals surface area contributed by atoms with E-state index in [0.717, 1.165) is 8.86 Å². The summed E-state index contributed by atoms with van der Waals surface area (Å²) in [5.41, 5.74) is 0. The van der Waals surface area contributed by atoms with E-state index in [1.165, 1.54) is 11.8 Å². The van der Waals surface area contributed by atoms with Gasteiger partial charge in [0, 0.05) is 0 Å². The zero-order valence-corrected chi connectivity index (χ0v) is 7.68. The lowest BCUT2D eigenvalue weighted by atomic mass is 10.9. The Morgan fingerprint density at radius 3 is 2.78 bits per heavy atom. The Kier molecular flexibility index (Phi) is 2.65. The van der Waals surface area contributed by atoms with Gasteiger partial charge in [-0.2, -0.15) is 0 Å². The number of halogens is 1. The fraction of sp³-hybridized carbons (Fsp3) is 0.250. The van der Waals surface area contributed by atoms with E-state index in [9.17, 15) is 0 Å². The van der Waals surface area contributed by atoms with Gasteiger partial charge >= 0.3 is 0 Å². The third-order valence-corrected chi connectivity index (χ3v) is 1.74. The first-order valence-corrected chi connectivity index (χ1v) is 4.52. The predicted molar refractivity (Wildman–Crippen MR) is 44.3 cm³/mol. The van der Waals surface area contributed by atoms with Gasteiger partial charge in [0.05, 0.1) is 6.20 Å². The first-order valence-electron chi connectivity index (χ1n) is 2.22. The lowest BCUT2D eigenvalue weighted by molar-refractivity contribution is 0.823. The van der Waals surface area contributed by atoms with Crippen molar-refractivity contribution in [3.63, 3.8) is 0 Å². The van der Waals surface area contributed by atoms with Crippen LogP contribution in [0.1, 0.15) is 0 Å². The number of nitrogens with zero attached hydrogens (tertiary/aromatic N) is 3. The third kappa shape index (κ3) is 2.05. The maximum absolute atomic E-state index is 3.98. The minimum atomic E-state index is 0.718. The van der Waals surface area contributed by atoms with Crippen LogP contribution in [0.25, 0.3) is 0 Å². The molecule has 1 rings (SSSR count). The Balaban J connectivity index is 2.88. The molecule has 0 aliphatic rings. The highest BCUT2D eigenvalue weighted by Crippen LogP contribution is 2.05. The van der Waals surface area contributed by atoms with Crippen LogP contribution in [0.4, 0.5) is 0 Å². The molecule has 5 heteroatoms. The van der Waals surface area contributed by atoms with Crippen molar-refractivity contribution in [1.82, 2.24) is 15.2 Å². The number of hydrogen-bond donors (Lipinski definition) is 0. The first-order chi connectivity index (χ1) is 4.33. The summed E-state index contributed by atoms with van der Waals surface area (Å²) in [6.45, 7) is 0. The fourth-order valence-electron chi connectivity index (χ4n) is 0.344. The highest BCUT2D eigenvalue weighted by atomic mass is 127. The molecule has 0 aliphatic heterocycles. The minimum Gasteiger partial charge on any atom is -0.227 e. The molecule has 1 heterocycles. The molecule has 3 nitrogen and oxygen atoms in total. The molecule has 48 valence electrons. The van der Waals surface area contributed by atoms with E-state index in [0.29, 0.717) is 0 Å². The first kappa shape index (κ1) is 7.20. The lowest BCUT2D eigenvalue weighted by Gasteiger charge is -1.89. The zero-order valence-electron chi connectivity index (χ0n) is 4.71. The second kappa shape index (κ2) is 3.31. The van der Waals surface area contributed by atoms with Gasteiger partial charge in [0.2, 0.25) is 5.16 Å². The molecule has 0 radical (unpaired) electrons. The second-order valence-electron chi connectivity index (χ2n) is 1.27. The van der Waals surface area contributed by atoms with Crippen LogP contribution in [0, 0.1) is 3.70 Å².